The molecule has 0 unspecified atom stereocenters. The third-order valence-corrected chi connectivity index (χ3v) is 10.4. The second-order valence-electron chi connectivity index (χ2n) is 12.8. The number of phenols is 1. The largest absolute Gasteiger partial charge is 0.508 e. The molecule has 4 rings (SSSR count). The van der Waals surface area contributed by atoms with Crippen LogP contribution in [0.3, 0.4) is 0 Å². The van der Waals surface area contributed by atoms with Gasteiger partial charge in [-0.3, -0.25) is 0 Å². The predicted molar refractivity (Wildman–Crippen MR) is 205 cm³/mol. The fourth-order valence-electron chi connectivity index (χ4n) is 7.70. The molecule has 0 spiro atoms. The SMILES string of the molecule is CCc1ccc(OCc2ccc(O)c(COc3ccc(CC)c(CC)c3CC)c2COc2ccc(CC)c(CC)c2CC)c(CC)c1CC. The Hall–Kier alpha value is -3.92. The van der Waals surface area contributed by atoms with Crippen LogP contribution in [0.25, 0.3) is 0 Å². The highest BCUT2D eigenvalue weighted by Gasteiger charge is 2.20. The van der Waals surface area contributed by atoms with Crippen LogP contribution in [-0.4, -0.2) is 5.11 Å². The fraction of sp³-hybridized carbons (Fsp3) is 0.467. The first kappa shape index (κ1) is 37.9. The molecule has 0 atom stereocenters. The normalized spacial score (nSPS) is 11.2. The van der Waals surface area contributed by atoms with Gasteiger partial charge < -0.3 is 19.3 Å². The van der Waals surface area contributed by atoms with Gasteiger partial charge in [-0.25, -0.2) is 0 Å². The van der Waals surface area contributed by atoms with Crippen LogP contribution in [0.5, 0.6) is 23.0 Å². The Kier molecular flexibility index (Phi) is 14.1. The van der Waals surface area contributed by atoms with E-state index in [4.69, 9.17) is 14.2 Å². The van der Waals surface area contributed by atoms with Gasteiger partial charge in [0.25, 0.3) is 0 Å². The van der Waals surface area contributed by atoms with Gasteiger partial charge in [0.2, 0.25) is 0 Å². The first-order valence-electron chi connectivity index (χ1n) is 19.0. The maximum absolute atomic E-state index is 11.4. The zero-order chi connectivity index (χ0) is 35.5. The Bertz CT molecular complexity index is 1700. The van der Waals surface area contributed by atoms with Crippen LogP contribution in [0.2, 0.25) is 0 Å². The molecule has 4 nitrogen and oxygen atoms in total. The lowest BCUT2D eigenvalue weighted by atomic mass is 9.94. The first-order chi connectivity index (χ1) is 23.8. The van der Waals surface area contributed by atoms with Crippen molar-refractivity contribution in [1.29, 1.82) is 0 Å². The van der Waals surface area contributed by atoms with Gasteiger partial charge in [-0.05, 0) is 138 Å². The maximum atomic E-state index is 11.4. The van der Waals surface area contributed by atoms with Crippen LogP contribution in [0.15, 0.2) is 48.5 Å². The summed E-state index contributed by atoms with van der Waals surface area (Å²) in [6.45, 7) is 20.8. The minimum atomic E-state index is 0.211. The molecule has 4 aromatic carbocycles. The Balaban J connectivity index is 1.76. The molecule has 0 amide bonds. The van der Waals surface area contributed by atoms with Crippen LogP contribution >= 0.6 is 0 Å². The molecule has 0 aromatic heterocycles. The van der Waals surface area contributed by atoms with E-state index in [9.17, 15) is 5.11 Å². The van der Waals surface area contributed by atoms with E-state index < -0.39 is 0 Å². The van der Waals surface area contributed by atoms with Crippen molar-refractivity contribution in [3.8, 4) is 23.0 Å². The molecule has 0 fully saturated rings. The van der Waals surface area contributed by atoms with Crippen LogP contribution in [0.4, 0.5) is 0 Å². The average molecular weight is 665 g/mol. The maximum Gasteiger partial charge on any atom is 0.123 e. The summed E-state index contributed by atoms with van der Waals surface area (Å²) in [6.07, 6.45) is 8.66. The van der Waals surface area contributed by atoms with Crippen LogP contribution in [0.1, 0.15) is 129 Å². The smallest absolute Gasteiger partial charge is 0.123 e. The third kappa shape index (κ3) is 8.28. The lowest BCUT2D eigenvalue weighted by Crippen LogP contribution is -2.12. The van der Waals surface area contributed by atoms with E-state index in [0.717, 1.165) is 91.7 Å². The molecule has 0 aliphatic heterocycles. The molecule has 0 saturated heterocycles. The van der Waals surface area contributed by atoms with Gasteiger partial charge in [-0.15, -0.1) is 0 Å². The zero-order valence-electron chi connectivity index (χ0n) is 31.8. The number of aryl methyl sites for hydroxylation is 3. The lowest BCUT2D eigenvalue weighted by molar-refractivity contribution is 0.266. The summed E-state index contributed by atoms with van der Waals surface area (Å²) in [7, 11) is 0. The van der Waals surface area contributed by atoms with E-state index >= 15 is 0 Å². The third-order valence-electron chi connectivity index (χ3n) is 10.4. The number of aromatic hydroxyl groups is 1. The van der Waals surface area contributed by atoms with Crippen molar-refractivity contribution in [2.24, 2.45) is 0 Å². The fourth-order valence-corrected chi connectivity index (χ4v) is 7.70. The summed E-state index contributed by atoms with van der Waals surface area (Å²) >= 11 is 0. The molecular formula is C45H60O4. The second-order valence-corrected chi connectivity index (χ2v) is 12.8. The minimum absolute atomic E-state index is 0.211. The highest BCUT2D eigenvalue weighted by atomic mass is 16.5. The van der Waals surface area contributed by atoms with Gasteiger partial charge in [0, 0.05) is 11.1 Å². The van der Waals surface area contributed by atoms with E-state index in [1.807, 2.05) is 6.07 Å². The monoisotopic (exact) mass is 664 g/mol. The molecular weight excluding hydrogens is 604 g/mol. The molecule has 0 aliphatic rings. The van der Waals surface area contributed by atoms with Gasteiger partial charge in [-0.1, -0.05) is 86.6 Å². The predicted octanol–water partition coefficient (Wildman–Crippen LogP) is 11.2. The van der Waals surface area contributed by atoms with Crippen LogP contribution in [0, 0.1) is 0 Å². The van der Waals surface area contributed by atoms with E-state index in [-0.39, 0.29) is 12.4 Å². The van der Waals surface area contributed by atoms with Crippen molar-refractivity contribution in [2.75, 3.05) is 0 Å². The number of benzene rings is 4. The summed E-state index contributed by atoms with van der Waals surface area (Å²) in [5.41, 5.74) is 14.7. The molecule has 0 radical (unpaired) electrons. The molecule has 49 heavy (non-hydrogen) atoms. The van der Waals surface area contributed by atoms with Crippen molar-refractivity contribution < 1.29 is 19.3 Å². The standard InChI is InChI=1S/C45H60O4/c1-10-30-20-24-43(37(16-7)34(30)13-4)47-27-33-19-23-42(46)41(29-49-45-26-22-32(12-3)36(15-6)39(45)18-9)40(33)28-48-44-25-21-31(11-2)35(14-5)38(44)17-8/h19-26,46H,10-18,27-29H2,1-9H3. The quantitative estimate of drug-likeness (QED) is 0.115. The molecule has 4 heteroatoms. The van der Waals surface area contributed by atoms with Gasteiger partial charge in [0.05, 0.1) is 0 Å². The highest BCUT2D eigenvalue weighted by molar-refractivity contribution is 5.50. The molecule has 0 aliphatic carbocycles. The zero-order valence-corrected chi connectivity index (χ0v) is 31.8. The second kappa shape index (κ2) is 18.2. The molecule has 0 saturated carbocycles. The topological polar surface area (TPSA) is 47.9 Å². The molecule has 1 N–H and O–H groups in total. The van der Waals surface area contributed by atoms with E-state index in [2.05, 4.69) is 98.7 Å². The van der Waals surface area contributed by atoms with Crippen molar-refractivity contribution >= 4 is 0 Å². The number of hydrogen-bond acceptors (Lipinski definition) is 4. The summed E-state index contributed by atoms with van der Waals surface area (Å²) in [4.78, 5) is 0. The highest BCUT2D eigenvalue weighted by Crippen LogP contribution is 2.35. The number of phenolic OH excluding ortho intramolecular Hbond substituents is 1. The molecule has 0 heterocycles. The summed E-state index contributed by atoms with van der Waals surface area (Å²) in [6, 6.07) is 16.7. The Morgan fingerprint density at radius 1 is 0.327 bits per heavy atom. The van der Waals surface area contributed by atoms with Gasteiger partial charge >= 0.3 is 0 Å². The number of hydrogen-bond donors (Lipinski definition) is 1. The Morgan fingerprint density at radius 3 is 1.00 bits per heavy atom. The molecule has 4 aromatic rings. The average Bonchev–Trinajstić information content (AvgIpc) is 3.14. The number of ether oxygens (including phenoxy) is 3. The summed E-state index contributed by atoms with van der Waals surface area (Å²) < 4.78 is 19.9. The van der Waals surface area contributed by atoms with Crippen molar-refractivity contribution in [1.82, 2.24) is 0 Å². The van der Waals surface area contributed by atoms with E-state index in [0.29, 0.717) is 13.2 Å². The van der Waals surface area contributed by atoms with Gasteiger partial charge in [0.15, 0.2) is 0 Å². The van der Waals surface area contributed by atoms with Gasteiger partial charge in [-0.2, -0.15) is 0 Å². The summed E-state index contributed by atoms with van der Waals surface area (Å²) in [5.74, 6) is 2.94. The number of rotatable bonds is 18. The van der Waals surface area contributed by atoms with Crippen LogP contribution < -0.4 is 14.2 Å². The molecule has 0 bridgehead atoms. The van der Waals surface area contributed by atoms with Crippen molar-refractivity contribution in [3.05, 3.63) is 115 Å². The minimum Gasteiger partial charge on any atom is -0.508 e. The van der Waals surface area contributed by atoms with Gasteiger partial charge in [0.1, 0.15) is 42.8 Å². The van der Waals surface area contributed by atoms with Crippen molar-refractivity contribution in [2.45, 2.75) is 140 Å². The first-order valence-corrected chi connectivity index (χ1v) is 19.0. The Labute approximate surface area is 296 Å². The van der Waals surface area contributed by atoms with E-state index in [1.165, 1.54) is 50.1 Å². The van der Waals surface area contributed by atoms with Crippen molar-refractivity contribution in [3.63, 3.8) is 0 Å². The lowest BCUT2D eigenvalue weighted by Gasteiger charge is -2.22. The summed E-state index contributed by atoms with van der Waals surface area (Å²) in [5, 5.41) is 11.4. The molecule has 264 valence electrons. The Morgan fingerprint density at radius 2 is 0.653 bits per heavy atom. The van der Waals surface area contributed by atoms with E-state index in [1.54, 1.807) is 6.07 Å². The van der Waals surface area contributed by atoms with Crippen LogP contribution in [-0.2, 0) is 77.6 Å².